The molecule has 14 heavy (non-hydrogen) atoms. The molecule has 1 rings (SSSR count). The first-order chi connectivity index (χ1) is 6.51. The third-order valence-electron chi connectivity index (χ3n) is 2.96. The highest BCUT2D eigenvalue weighted by Crippen LogP contribution is 2.26. The first kappa shape index (κ1) is 11.2. The minimum absolute atomic E-state index is 0.00128. The second-order valence-corrected chi connectivity index (χ2v) is 4.50. The SMILES string of the molecule is CCC(C)c1noc(C(C)(C)CC)n1. The van der Waals surface area contributed by atoms with Crippen LogP contribution in [0.5, 0.6) is 0 Å². The van der Waals surface area contributed by atoms with Crippen molar-refractivity contribution >= 4 is 0 Å². The van der Waals surface area contributed by atoms with E-state index in [0.29, 0.717) is 5.92 Å². The Balaban J connectivity index is 2.88. The monoisotopic (exact) mass is 196 g/mol. The van der Waals surface area contributed by atoms with Gasteiger partial charge < -0.3 is 4.52 Å². The van der Waals surface area contributed by atoms with Gasteiger partial charge in [0, 0.05) is 11.3 Å². The quantitative estimate of drug-likeness (QED) is 0.741. The Morgan fingerprint density at radius 3 is 2.50 bits per heavy atom. The molecule has 0 aliphatic heterocycles. The lowest BCUT2D eigenvalue weighted by Crippen LogP contribution is -2.16. The Bertz CT molecular complexity index is 291. The van der Waals surface area contributed by atoms with E-state index in [1.807, 2.05) is 0 Å². The Morgan fingerprint density at radius 2 is 2.00 bits per heavy atom. The van der Waals surface area contributed by atoms with E-state index in [-0.39, 0.29) is 5.41 Å². The molecule has 0 saturated heterocycles. The number of nitrogens with zero attached hydrogens (tertiary/aromatic N) is 2. The first-order valence-electron chi connectivity index (χ1n) is 5.35. The second-order valence-electron chi connectivity index (χ2n) is 4.50. The molecular formula is C11H20N2O. The number of rotatable bonds is 4. The van der Waals surface area contributed by atoms with Gasteiger partial charge in [-0.25, -0.2) is 0 Å². The van der Waals surface area contributed by atoms with Crippen molar-refractivity contribution in [1.29, 1.82) is 0 Å². The number of hydrogen-bond acceptors (Lipinski definition) is 3. The van der Waals surface area contributed by atoms with Crippen LogP contribution in [-0.2, 0) is 5.41 Å². The predicted octanol–water partition coefficient (Wildman–Crippen LogP) is 3.27. The highest BCUT2D eigenvalue weighted by atomic mass is 16.5. The van der Waals surface area contributed by atoms with Crippen LogP contribution >= 0.6 is 0 Å². The summed E-state index contributed by atoms with van der Waals surface area (Å²) >= 11 is 0. The van der Waals surface area contributed by atoms with Gasteiger partial charge in [-0.2, -0.15) is 4.98 Å². The smallest absolute Gasteiger partial charge is 0.232 e. The lowest BCUT2D eigenvalue weighted by molar-refractivity contribution is 0.299. The molecule has 1 atom stereocenters. The molecule has 1 heterocycles. The van der Waals surface area contributed by atoms with Gasteiger partial charge in [0.05, 0.1) is 0 Å². The van der Waals surface area contributed by atoms with Crippen molar-refractivity contribution in [3.05, 3.63) is 11.7 Å². The zero-order valence-electron chi connectivity index (χ0n) is 9.79. The number of hydrogen-bond donors (Lipinski definition) is 0. The normalized spacial score (nSPS) is 14.4. The summed E-state index contributed by atoms with van der Waals surface area (Å²) in [4.78, 5) is 4.45. The van der Waals surface area contributed by atoms with E-state index in [2.05, 4.69) is 44.8 Å². The fraction of sp³-hybridized carbons (Fsp3) is 0.818. The molecule has 0 bridgehead atoms. The van der Waals surface area contributed by atoms with Gasteiger partial charge in [-0.3, -0.25) is 0 Å². The maximum absolute atomic E-state index is 5.28. The van der Waals surface area contributed by atoms with E-state index in [1.165, 1.54) is 0 Å². The molecule has 0 aliphatic carbocycles. The van der Waals surface area contributed by atoms with Crippen LogP contribution in [-0.4, -0.2) is 10.1 Å². The molecule has 0 amide bonds. The van der Waals surface area contributed by atoms with Crippen LogP contribution in [0.1, 0.15) is 65.1 Å². The van der Waals surface area contributed by atoms with Gasteiger partial charge in [0.15, 0.2) is 5.82 Å². The summed E-state index contributed by atoms with van der Waals surface area (Å²) in [7, 11) is 0. The molecule has 0 N–H and O–H groups in total. The van der Waals surface area contributed by atoms with Gasteiger partial charge in [-0.15, -0.1) is 0 Å². The molecule has 1 aromatic rings. The summed E-state index contributed by atoms with van der Waals surface area (Å²) in [5.74, 6) is 1.99. The molecule has 3 heteroatoms. The molecule has 0 spiro atoms. The summed E-state index contributed by atoms with van der Waals surface area (Å²) in [6, 6.07) is 0. The van der Waals surface area contributed by atoms with Crippen molar-refractivity contribution < 1.29 is 4.52 Å². The van der Waals surface area contributed by atoms with Crippen LogP contribution in [0, 0.1) is 0 Å². The summed E-state index contributed by atoms with van der Waals surface area (Å²) < 4.78 is 5.28. The van der Waals surface area contributed by atoms with E-state index < -0.39 is 0 Å². The molecule has 0 fully saturated rings. The zero-order valence-corrected chi connectivity index (χ0v) is 9.79. The van der Waals surface area contributed by atoms with Gasteiger partial charge >= 0.3 is 0 Å². The third kappa shape index (κ3) is 2.14. The molecule has 0 radical (unpaired) electrons. The third-order valence-corrected chi connectivity index (χ3v) is 2.96. The molecule has 0 aliphatic rings. The van der Waals surface area contributed by atoms with Crippen LogP contribution in [0.25, 0.3) is 0 Å². The van der Waals surface area contributed by atoms with Crippen LogP contribution in [0.15, 0.2) is 4.52 Å². The lowest BCUT2D eigenvalue weighted by atomic mass is 9.90. The minimum Gasteiger partial charge on any atom is -0.339 e. The fourth-order valence-corrected chi connectivity index (χ4v) is 1.04. The largest absolute Gasteiger partial charge is 0.339 e. The average molecular weight is 196 g/mol. The molecule has 80 valence electrons. The Morgan fingerprint density at radius 1 is 1.36 bits per heavy atom. The van der Waals surface area contributed by atoms with E-state index in [0.717, 1.165) is 24.6 Å². The number of aromatic nitrogens is 2. The summed E-state index contributed by atoms with van der Waals surface area (Å²) in [5, 5.41) is 4.02. The average Bonchev–Trinajstić information content (AvgIpc) is 2.66. The highest BCUT2D eigenvalue weighted by molar-refractivity contribution is 5.02. The van der Waals surface area contributed by atoms with Crippen molar-refractivity contribution in [3.8, 4) is 0 Å². The van der Waals surface area contributed by atoms with Gasteiger partial charge in [0.25, 0.3) is 0 Å². The maximum atomic E-state index is 5.28. The van der Waals surface area contributed by atoms with Gasteiger partial charge in [-0.1, -0.05) is 39.8 Å². The molecular weight excluding hydrogens is 176 g/mol. The summed E-state index contributed by atoms with van der Waals surface area (Å²) in [6.07, 6.45) is 2.06. The fourth-order valence-electron chi connectivity index (χ4n) is 1.04. The molecule has 1 aromatic heterocycles. The van der Waals surface area contributed by atoms with E-state index >= 15 is 0 Å². The van der Waals surface area contributed by atoms with Crippen LogP contribution < -0.4 is 0 Å². The van der Waals surface area contributed by atoms with Gasteiger partial charge in [0.2, 0.25) is 5.89 Å². The van der Waals surface area contributed by atoms with Crippen LogP contribution in [0.3, 0.4) is 0 Å². The molecule has 0 saturated carbocycles. The lowest BCUT2D eigenvalue weighted by Gasteiger charge is -2.16. The standard InChI is InChI=1S/C11H20N2O/c1-6-8(3)9-12-10(14-13-9)11(4,5)7-2/h8H,6-7H2,1-5H3. The summed E-state index contributed by atoms with van der Waals surface area (Å²) in [5.41, 5.74) is -0.00128. The molecule has 0 aromatic carbocycles. The summed E-state index contributed by atoms with van der Waals surface area (Å²) in [6.45, 7) is 10.6. The van der Waals surface area contributed by atoms with Gasteiger partial charge in [0.1, 0.15) is 0 Å². The van der Waals surface area contributed by atoms with E-state index in [1.54, 1.807) is 0 Å². The Kier molecular flexibility index (Phi) is 3.29. The van der Waals surface area contributed by atoms with Crippen LogP contribution in [0.4, 0.5) is 0 Å². The second kappa shape index (κ2) is 4.11. The van der Waals surface area contributed by atoms with Crippen molar-refractivity contribution in [2.24, 2.45) is 0 Å². The van der Waals surface area contributed by atoms with E-state index in [4.69, 9.17) is 4.52 Å². The van der Waals surface area contributed by atoms with Crippen molar-refractivity contribution in [1.82, 2.24) is 10.1 Å². The Hall–Kier alpha value is -0.860. The first-order valence-corrected chi connectivity index (χ1v) is 5.35. The van der Waals surface area contributed by atoms with Crippen molar-refractivity contribution in [3.63, 3.8) is 0 Å². The maximum Gasteiger partial charge on any atom is 0.232 e. The zero-order chi connectivity index (χ0) is 10.8. The molecule has 1 unspecified atom stereocenters. The van der Waals surface area contributed by atoms with Crippen LogP contribution in [0.2, 0.25) is 0 Å². The highest BCUT2D eigenvalue weighted by Gasteiger charge is 2.26. The van der Waals surface area contributed by atoms with Gasteiger partial charge in [-0.05, 0) is 12.8 Å². The van der Waals surface area contributed by atoms with Crippen molar-refractivity contribution in [2.45, 2.75) is 58.8 Å². The van der Waals surface area contributed by atoms with E-state index in [9.17, 15) is 0 Å². The molecule has 3 nitrogen and oxygen atoms in total. The minimum atomic E-state index is -0.00128. The predicted molar refractivity (Wildman–Crippen MR) is 56.3 cm³/mol. The topological polar surface area (TPSA) is 38.9 Å². The van der Waals surface area contributed by atoms with Crippen molar-refractivity contribution in [2.75, 3.05) is 0 Å². The Labute approximate surface area is 85.9 Å².